The largest absolute Gasteiger partial charge is 0.483 e. The van der Waals surface area contributed by atoms with E-state index >= 15 is 0 Å². The van der Waals surface area contributed by atoms with E-state index in [9.17, 15) is 4.79 Å². The highest BCUT2D eigenvalue weighted by Gasteiger charge is 2.32. The summed E-state index contributed by atoms with van der Waals surface area (Å²) in [6, 6.07) is 7.57. The van der Waals surface area contributed by atoms with Gasteiger partial charge in [0.2, 0.25) is 0 Å². The van der Waals surface area contributed by atoms with Crippen molar-refractivity contribution in [3.05, 3.63) is 36.2 Å². The molecule has 0 spiro atoms. The van der Waals surface area contributed by atoms with Crippen LogP contribution in [-0.4, -0.2) is 41.2 Å². The van der Waals surface area contributed by atoms with Crippen LogP contribution in [0.15, 0.2) is 30.6 Å². The average Bonchev–Trinajstić information content (AvgIpc) is 3.26. The van der Waals surface area contributed by atoms with Crippen molar-refractivity contribution >= 4 is 17.5 Å². The smallest absolute Gasteiger partial charge is 0.263 e. The quantitative estimate of drug-likeness (QED) is 0.875. The number of aromatic nitrogens is 2. The summed E-state index contributed by atoms with van der Waals surface area (Å²) in [4.78, 5) is 22.9. The fourth-order valence-electron chi connectivity index (χ4n) is 3.56. The SMILES string of the molecule is CC1(C)Cc2cccc(OCC(=O)Nc3cc(N4CCCC4)ncn3)c2O1. The molecule has 2 aliphatic rings. The van der Waals surface area contributed by atoms with Gasteiger partial charge in [-0.15, -0.1) is 0 Å². The molecule has 1 N–H and O–H groups in total. The maximum absolute atomic E-state index is 12.3. The lowest BCUT2D eigenvalue weighted by Crippen LogP contribution is -2.25. The first-order valence-corrected chi connectivity index (χ1v) is 9.31. The van der Waals surface area contributed by atoms with Crippen LogP contribution in [0.5, 0.6) is 11.5 Å². The Labute approximate surface area is 158 Å². The van der Waals surface area contributed by atoms with Gasteiger partial charge in [0.25, 0.3) is 5.91 Å². The number of ether oxygens (including phenoxy) is 2. The minimum absolute atomic E-state index is 0.108. The lowest BCUT2D eigenvalue weighted by atomic mass is 10.0. The molecule has 4 rings (SSSR count). The molecule has 2 aromatic rings. The molecule has 1 aromatic carbocycles. The van der Waals surface area contributed by atoms with Gasteiger partial charge in [0, 0.05) is 31.1 Å². The predicted octanol–water partition coefficient (Wildman–Crippen LogP) is 2.81. The Kier molecular flexibility index (Phi) is 4.59. The van der Waals surface area contributed by atoms with Crippen LogP contribution < -0.4 is 19.7 Å². The number of nitrogens with zero attached hydrogens (tertiary/aromatic N) is 3. The Bertz CT molecular complexity index is 847. The molecule has 27 heavy (non-hydrogen) atoms. The number of fused-ring (bicyclic) bond motifs is 1. The third kappa shape index (κ3) is 3.97. The number of rotatable bonds is 5. The van der Waals surface area contributed by atoms with Crippen molar-refractivity contribution in [1.82, 2.24) is 9.97 Å². The molecule has 7 heteroatoms. The van der Waals surface area contributed by atoms with Gasteiger partial charge in [0.15, 0.2) is 18.1 Å². The van der Waals surface area contributed by atoms with Gasteiger partial charge in [-0.3, -0.25) is 4.79 Å². The summed E-state index contributed by atoms with van der Waals surface area (Å²) in [5, 5.41) is 2.78. The van der Waals surface area contributed by atoms with Crippen molar-refractivity contribution in [1.29, 1.82) is 0 Å². The standard InChI is InChI=1S/C20H24N4O3/c1-20(2)11-14-6-5-7-15(19(14)27-20)26-12-18(25)23-16-10-17(22-13-21-16)24-8-3-4-9-24/h5-7,10,13H,3-4,8-9,11-12H2,1-2H3,(H,21,22,23,25). The molecular weight excluding hydrogens is 344 g/mol. The summed E-state index contributed by atoms with van der Waals surface area (Å²) >= 11 is 0. The van der Waals surface area contributed by atoms with Crippen LogP contribution in [0, 0.1) is 0 Å². The number of carbonyl (C=O) groups excluding carboxylic acids is 1. The summed E-state index contributed by atoms with van der Waals surface area (Å²) in [6.45, 7) is 5.95. The van der Waals surface area contributed by atoms with Gasteiger partial charge in [-0.1, -0.05) is 12.1 Å². The van der Waals surface area contributed by atoms with E-state index in [0.29, 0.717) is 11.6 Å². The minimum atomic E-state index is -0.268. The van der Waals surface area contributed by atoms with Crippen molar-refractivity contribution in [2.75, 3.05) is 29.9 Å². The third-order valence-electron chi connectivity index (χ3n) is 4.76. The number of para-hydroxylation sites is 1. The van der Waals surface area contributed by atoms with Gasteiger partial charge < -0.3 is 19.7 Å². The van der Waals surface area contributed by atoms with Gasteiger partial charge in [-0.05, 0) is 32.8 Å². The van der Waals surface area contributed by atoms with E-state index in [1.165, 1.54) is 19.2 Å². The zero-order chi connectivity index (χ0) is 18.9. The van der Waals surface area contributed by atoms with Crippen molar-refractivity contribution in [2.45, 2.75) is 38.7 Å². The van der Waals surface area contributed by atoms with Crippen LogP contribution in [0.3, 0.4) is 0 Å². The zero-order valence-electron chi connectivity index (χ0n) is 15.7. The Morgan fingerprint density at radius 3 is 2.93 bits per heavy atom. The molecular formula is C20H24N4O3. The fourth-order valence-corrected chi connectivity index (χ4v) is 3.56. The zero-order valence-corrected chi connectivity index (χ0v) is 15.7. The van der Waals surface area contributed by atoms with E-state index in [1.54, 1.807) is 6.07 Å². The molecule has 7 nitrogen and oxygen atoms in total. The number of amides is 1. The number of carbonyl (C=O) groups is 1. The summed E-state index contributed by atoms with van der Waals surface area (Å²) < 4.78 is 11.7. The van der Waals surface area contributed by atoms with Crippen LogP contribution in [0.25, 0.3) is 0 Å². The normalized spacial score (nSPS) is 17.3. The topological polar surface area (TPSA) is 76.6 Å². The van der Waals surface area contributed by atoms with Crippen LogP contribution in [0.2, 0.25) is 0 Å². The lowest BCUT2D eigenvalue weighted by Gasteiger charge is -2.18. The van der Waals surface area contributed by atoms with E-state index < -0.39 is 0 Å². The Hall–Kier alpha value is -2.83. The van der Waals surface area contributed by atoms with Crippen LogP contribution >= 0.6 is 0 Å². The van der Waals surface area contributed by atoms with Crippen molar-refractivity contribution in [2.24, 2.45) is 0 Å². The van der Waals surface area contributed by atoms with E-state index in [-0.39, 0.29) is 18.1 Å². The predicted molar refractivity (Wildman–Crippen MR) is 102 cm³/mol. The van der Waals surface area contributed by atoms with Crippen molar-refractivity contribution in [3.63, 3.8) is 0 Å². The molecule has 0 saturated carbocycles. The number of anilines is 2. The molecule has 0 aliphatic carbocycles. The maximum Gasteiger partial charge on any atom is 0.263 e. The van der Waals surface area contributed by atoms with Crippen LogP contribution in [0.4, 0.5) is 11.6 Å². The molecule has 0 radical (unpaired) electrons. The molecule has 142 valence electrons. The molecule has 1 amide bonds. The molecule has 1 fully saturated rings. The third-order valence-corrected chi connectivity index (χ3v) is 4.76. The van der Waals surface area contributed by atoms with Gasteiger partial charge in [-0.2, -0.15) is 0 Å². The summed E-state index contributed by atoms with van der Waals surface area (Å²) in [6.07, 6.45) is 4.63. The monoisotopic (exact) mass is 368 g/mol. The highest BCUT2D eigenvalue weighted by Crippen LogP contribution is 2.41. The lowest BCUT2D eigenvalue weighted by molar-refractivity contribution is -0.118. The summed E-state index contributed by atoms with van der Waals surface area (Å²) in [5.41, 5.74) is 0.848. The highest BCUT2D eigenvalue weighted by atomic mass is 16.5. The first-order valence-electron chi connectivity index (χ1n) is 9.31. The second-order valence-corrected chi connectivity index (χ2v) is 7.58. The average molecular weight is 368 g/mol. The molecule has 0 bridgehead atoms. The number of nitrogens with one attached hydrogen (secondary N) is 1. The number of hydrogen-bond acceptors (Lipinski definition) is 6. The van der Waals surface area contributed by atoms with Gasteiger partial charge in [0.1, 0.15) is 23.6 Å². The number of hydrogen-bond donors (Lipinski definition) is 1. The molecule has 1 saturated heterocycles. The van der Waals surface area contributed by atoms with Crippen LogP contribution in [-0.2, 0) is 11.2 Å². The van der Waals surface area contributed by atoms with E-state index in [1.807, 2.05) is 32.0 Å². The molecule has 0 atom stereocenters. The summed E-state index contributed by atoms with van der Waals surface area (Å²) in [5.74, 6) is 2.38. The van der Waals surface area contributed by atoms with Crippen molar-refractivity contribution < 1.29 is 14.3 Å². The second-order valence-electron chi connectivity index (χ2n) is 7.58. The Morgan fingerprint density at radius 2 is 2.11 bits per heavy atom. The maximum atomic E-state index is 12.3. The first-order chi connectivity index (χ1) is 13.0. The Balaban J connectivity index is 1.37. The van der Waals surface area contributed by atoms with Crippen molar-refractivity contribution in [3.8, 4) is 11.5 Å². The van der Waals surface area contributed by atoms with E-state index in [4.69, 9.17) is 9.47 Å². The molecule has 3 heterocycles. The van der Waals surface area contributed by atoms with Gasteiger partial charge >= 0.3 is 0 Å². The van der Waals surface area contributed by atoms with E-state index in [0.717, 1.165) is 36.6 Å². The van der Waals surface area contributed by atoms with Crippen LogP contribution in [0.1, 0.15) is 32.3 Å². The molecule has 2 aliphatic heterocycles. The first kappa shape index (κ1) is 17.6. The van der Waals surface area contributed by atoms with Gasteiger partial charge in [0.05, 0.1) is 0 Å². The van der Waals surface area contributed by atoms with Gasteiger partial charge in [-0.25, -0.2) is 9.97 Å². The number of benzene rings is 1. The van der Waals surface area contributed by atoms with E-state index in [2.05, 4.69) is 20.2 Å². The second kappa shape index (κ2) is 7.06. The Morgan fingerprint density at radius 1 is 1.30 bits per heavy atom. The summed E-state index contributed by atoms with van der Waals surface area (Å²) in [7, 11) is 0. The molecule has 0 unspecified atom stereocenters. The fraction of sp³-hybridized carbons (Fsp3) is 0.450. The minimum Gasteiger partial charge on any atom is -0.483 e. The molecule has 1 aromatic heterocycles. The highest BCUT2D eigenvalue weighted by molar-refractivity contribution is 5.91.